The monoisotopic (exact) mass is 215 g/mol. The maximum absolute atomic E-state index is 11.0. The number of carbonyl (C=O) groups is 1. The first kappa shape index (κ1) is 10.5. The average molecular weight is 215 g/mol. The van der Waals surface area contributed by atoms with E-state index in [0.717, 1.165) is 0 Å². The van der Waals surface area contributed by atoms with Crippen molar-refractivity contribution in [3.63, 3.8) is 0 Å². The van der Waals surface area contributed by atoms with Crippen LogP contribution in [0.1, 0.15) is 10.4 Å². The highest BCUT2D eigenvalue weighted by Crippen LogP contribution is 2.20. The molecule has 14 heavy (non-hydrogen) atoms. The van der Waals surface area contributed by atoms with E-state index < -0.39 is 15.9 Å². The second-order valence-electron chi connectivity index (χ2n) is 2.63. The molecule has 0 saturated carbocycles. The van der Waals surface area contributed by atoms with E-state index in [2.05, 4.69) is 0 Å². The molecule has 0 aliphatic heterocycles. The maximum atomic E-state index is 11.0. The van der Waals surface area contributed by atoms with E-state index in [0.29, 0.717) is 0 Å². The summed E-state index contributed by atoms with van der Waals surface area (Å²) in [4.78, 5) is 10.5. The zero-order valence-corrected chi connectivity index (χ0v) is 7.91. The summed E-state index contributed by atoms with van der Waals surface area (Å²) in [6.45, 7) is 0. The van der Waals surface area contributed by atoms with Gasteiger partial charge < -0.3 is 11.5 Å². The van der Waals surface area contributed by atoms with Gasteiger partial charge in [0, 0.05) is 0 Å². The Kier molecular flexibility index (Phi) is 2.45. The number of hydrogen-bond donors (Lipinski definition) is 3. The third kappa shape index (κ3) is 1.83. The van der Waals surface area contributed by atoms with Gasteiger partial charge in [-0.3, -0.25) is 4.79 Å². The van der Waals surface area contributed by atoms with E-state index in [1.54, 1.807) is 0 Å². The summed E-state index contributed by atoms with van der Waals surface area (Å²) in [7, 11) is -3.92. The van der Waals surface area contributed by atoms with Crippen LogP contribution in [0.3, 0.4) is 0 Å². The van der Waals surface area contributed by atoms with Crippen LogP contribution < -0.4 is 16.6 Å². The van der Waals surface area contributed by atoms with Crippen LogP contribution in [0.2, 0.25) is 0 Å². The van der Waals surface area contributed by atoms with E-state index >= 15 is 0 Å². The number of sulfonamides is 1. The molecule has 1 rings (SSSR count). The number of amides is 1. The molecule has 1 aromatic rings. The molecule has 1 aromatic carbocycles. The van der Waals surface area contributed by atoms with Crippen molar-refractivity contribution in [3.8, 4) is 0 Å². The number of primary amides is 1. The van der Waals surface area contributed by atoms with Gasteiger partial charge in [0.2, 0.25) is 10.0 Å². The van der Waals surface area contributed by atoms with Crippen LogP contribution >= 0.6 is 0 Å². The number of benzene rings is 1. The van der Waals surface area contributed by atoms with Crippen LogP contribution in [0, 0.1) is 0 Å². The van der Waals surface area contributed by atoms with Crippen LogP contribution in [0.5, 0.6) is 0 Å². The Labute approximate surface area is 80.7 Å². The number of rotatable bonds is 2. The standard InChI is InChI=1S/C7H9N3O3S/c8-6-4(7(9)11)2-1-3-5(6)14(10,12)13/h1-3H,8H2,(H2,9,11)(H2,10,12,13). The van der Waals surface area contributed by atoms with Gasteiger partial charge in [-0.05, 0) is 12.1 Å². The van der Waals surface area contributed by atoms with Gasteiger partial charge in [0.15, 0.2) is 0 Å². The SMILES string of the molecule is NC(=O)c1cccc(S(N)(=O)=O)c1N. The zero-order chi connectivity index (χ0) is 10.9. The molecular formula is C7H9N3O3S. The van der Waals surface area contributed by atoms with E-state index in [9.17, 15) is 13.2 Å². The van der Waals surface area contributed by atoms with Gasteiger partial charge in [-0.1, -0.05) is 6.07 Å². The molecule has 0 aliphatic carbocycles. The van der Waals surface area contributed by atoms with Crippen LogP contribution in [0.4, 0.5) is 5.69 Å². The van der Waals surface area contributed by atoms with E-state index in [-0.39, 0.29) is 16.1 Å². The Hall–Kier alpha value is -1.60. The van der Waals surface area contributed by atoms with Crippen molar-refractivity contribution in [3.05, 3.63) is 23.8 Å². The highest BCUT2D eigenvalue weighted by Gasteiger charge is 2.16. The molecule has 0 radical (unpaired) electrons. The predicted octanol–water partition coefficient (Wildman–Crippen LogP) is -0.985. The average Bonchev–Trinajstić information content (AvgIpc) is 2.01. The molecule has 0 fully saturated rings. The maximum Gasteiger partial charge on any atom is 0.250 e. The van der Waals surface area contributed by atoms with Gasteiger partial charge in [0.1, 0.15) is 4.90 Å². The normalized spacial score (nSPS) is 11.2. The highest BCUT2D eigenvalue weighted by molar-refractivity contribution is 7.89. The summed E-state index contributed by atoms with van der Waals surface area (Å²) in [5, 5.41) is 4.87. The topological polar surface area (TPSA) is 129 Å². The first-order valence-corrected chi connectivity index (χ1v) is 5.09. The number of nitrogens with two attached hydrogens (primary N) is 3. The van der Waals surface area contributed by atoms with E-state index in [4.69, 9.17) is 16.6 Å². The largest absolute Gasteiger partial charge is 0.397 e. The van der Waals surface area contributed by atoms with Gasteiger partial charge in [0.05, 0.1) is 11.3 Å². The van der Waals surface area contributed by atoms with Gasteiger partial charge in [-0.2, -0.15) is 0 Å². The van der Waals surface area contributed by atoms with E-state index in [1.165, 1.54) is 18.2 Å². The summed E-state index contributed by atoms with van der Waals surface area (Å²) >= 11 is 0. The van der Waals surface area contributed by atoms with Crippen LogP contribution in [0.15, 0.2) is 23.1 Å². The summed E-state index contributed by atoms with van der Waals surface area (Å²) in [6, 6.07) is 3.87. The summed E-state index contributed by atoms with van der Waals surface area (Å²) in [5.41, 5.74) is 10.1. The summed E-state index contributed by atoms with van der Waals surface area (Å²) in [5.74, 6) is -0.798. The number of nitrogen functional groups attached to an aromatic ring is 1. The lowest BCUT2D eigenvalue weighted by atomic mass is 10.2. The Morgan fingerprint density at radius 2 is 1.86 bits per heavy atom. The number of hydrogen-bond acceptors (Lipinski definition) is 4. The second-order valence-corrected chi connectivity index (χ2v) is 4.16. The highest BCUT2D eigenvalue weighted by atomic mass is 32.2. The summed E-state index contributed by atoms with van der Waals surface area (Å²) in [6.07, 6.45) is 0. The fraction of sp³-hybridized carbons (Fsp3) is 0. The second kappa shape index (κ2) is 3.28. The number of para-hydroxylation sites is 1. The smallest absolute Gasteiger partial charge is 0.250 e. The zero-order valence-electron chi connectivity index (χ0n) is 7.10. The molecule has 76 valence electrons. The molecule has 0 atom stereocenters. The molecule has 1 amide bonds. The van der Waals surface area contributed by atoms with Gasteiger partial charge in [-0.25, -0.2) is 13.6 Å². The number of anilines is 1. The minimum atomic E-state index is -3.92. The predicted molar refractivity (Wildman–Crippen MR) is 50.7 cm³/mol. The van der Waals surface area contributed by atoms with Gasteiger partial charge >= 0.3 is 0 Å². The molecule has 0 unspecified atom stereocenters. The molecule has 6 N–H and O–H groups in total. The lowest BCUT2D eigenvalue weighted by molar-refractivity contribution is 0.100. The van der Waals surface area contributed by atoms with Crippen LogP contribution in [0.25, 0.3) is 0 Å². The van der Waals surface area contributed by atoms with Crippen molar-refractivity contribution in [2.24, 2.45) is 10.9 Å². The van der Waals surface area contributed by atoms with Crippen LogP contribution in [-0.4, -0.2) is 14.3 Å². The van der Waals surface area contributed by atoms with Gasteiger partial charge in [-0.15, -0.1) is 0 Å². The number of carbonyl (C=O) groups excluding carboxylic acids is 1. The molecule has 0 saturated heterocycles. The molecule has 0 heterocycles. The van der Waals surface area contributed by atoms with Crippen molar-refractivity contribution in [1.29, 1.82) is 0 Å². The first-order valence-electron chi connectivity index (χ1n) is 3.55. The fourth-order valence-electron chi connectivity index (χ4n) is 1.01. The third-order valence-corrected chi connectivity index (χ3v) is 2.61. The van der Waals surface area contributed by atoms with Gasteiger partial charge in [0.25, 0.3) is 5.91 Å². The Morgan fingerprint density at radius 3 is 2.29 bits per heavy atom. The van der Waals surface area contributed by atoms with Crippen LogP contribution in [-0.2, 0) is 10.0 Å². The summed E-state index contributed by atoms with van der Waals surface area (Å²) < 4.78 is 21.9. The Morgan fingerprint density at radius 1 is 1.29 bits per heavy atom. The lowest BCUT2D eigenvalue weighted by Gasteiger charge is -2.05. The van der Waals surface area contributed by atoms with Crippen molar-refractivity contribution < 1.29 is 13.2 Å². The Balaban J connectivity index is 3.51. The molecule has 6 nitrogen and oxygen atoms in total. The van der Waals surface area contributed by atoms with E-state index in [1.807, 2.05) is 0 Å². The molecule has 7 heteroatoms. The van der Waals surface area contributed by atoms with Crippen molar-refractivity contribution in [2.45, 2.75) is 4.90 Å². The first-order chi connectivity index (χ1) is 6.34. The Bertz CT molecular complexity index is 481. The minimum absolute atomic E-state index is 0.0588. The fourth-order valence-corrected chi connectivity index (χ4v) is 1.69. The van der Waals surface area contributed by atoms with Crippen molar-refractivity contribution >= 4 is 21.6 Å². The van der Waals surface area contributed by atoms with Crippen molar-refractivity contribution in [1.82, 2.24) is 0 Å². The third-order valence-electron chi connectivity index (χ3n) is 1.64. The molecular weight excluding hydrogens is 206 g/mol. The number of primary sulfonamides is 1. The molecule has 0 bridgehead atoms. The minimum Gasteiger partial charge on any atom is -0.397 e. The molecule has 0 spiro atoms. The molecule has 0 aromatic heterocycles. The van der Waals surface area contributed by atoms with Crippen molar-refractivity contribution in [2.75, 3.05) is 5.73 Å². The molecule has 0 aliphatic rings. The quantitative estimate of drug-likeness (QED) is 0.547. The lowest BCUT2D eigenvalue weighted by Crippen LogP contribution is -2.19.